The molecule has 0 saturated heterocycles. The predicted octanol–water partition coefficient (Wildman–Crippen LogP) is 4.72. The molecule has 118 valence electrons. The van der Waals surface area contributed by atoms with Crippen molar-refractivity contribution in [2.24, 2.45) is 0 Å². The zero-order valence-corrected chi connectivity index (χ0v) is 13.8. The van der Waals surface area contributed by atoms with E-state index in [-0.39, 0.29) is 0 Å². The highest BCUT2D eigenvalue weighted by Gasteiger charge is 2.12. The van der Waals surface area contributed by atoms with Gasteiger partial charge in [0.25, 0.3) is 0 Å². The smallest absolute Gasteiger partial charge is 0.126 e. The Morgan fingerprint density at radius 3 is 2.17 bits per heavy atom. The summed E-state index contributed by atoms with van der Waals surface area (Å²) in [4.78, 5) is 0. The van der Waals surface area contributed by atoms with E-state index in [0.717, 1.165) is 41.0 Å². The summed E-state index contributed by atoms with van der Waals surface area (Å²) in [5.74, 6) is 1.59. The summed E-state index contributed by atoms with van der Waals surface area (Å²) < 4.78 is 11.0. The summed E-state index contributed by atoms with van der Waals surface area (Å²) in [6, 6.07) is 15.8. The molecule has 0 heterocycles. The molecule has 0 aromatic heterocycles. The van der Waals surface area contributed by atoms with Crippen molar-refractivity contribution in [2.75, 3.05) is 14.2 Å². The van der Waals surface area contributed by atoms with Gasteiger partial charge in [0.2, 0.25) is 0 Å². The van der Waals surface area contributed by atoms with Crippen LogP contribution in [0.4, 0.5) is 0 Å². The number of hydrogen-bond donors (Lipinski definition) is 0. The fourth-order valence-corrected chi connectivity index (χ4v) is 2.55. The lowest BCUT2D eigenvalue weighted by atomic mass is 10.0. The van der Waals surface area contributed by atoms with E-state index in [0.29, 0.717) is 5.57 Å². The zero-order chi connectivity index (χ0) is 16.7. The van der Waals surface area contributed by atoms with Crippen molar-refractivity contribution in [3.8, 4) is 17.6 Å². The van der Waals surface area contributed by atoms with Gasteiger partial charge >= 0.3 is 0 Å². The van der Waals surface area contributed by atoms with E-state index >= 15 is 0 Å². The van der Waals surface area contributed by atoms with Crippen molar-refractivity contribution in [3.05, 3.63) is 59.2 Å². The molecule has 2 aromatic carbocycles. The van der Waals surface area contributed by atoms with Crippen molar-refractivity contribution in [1.82, 2.24) is 0 Å². The second-order valence-electron chi connectivity index (χ2n) is 5.19. The summed E-state index contributed by atoms with van der Waals surface area (Å²) in [6.45, 7) is 2.12. The lowest BCUT2D eigenvalue weighted by Gasteiger charge is -2.14. The van der Waals surface area contributed by atoms with Crippen LogP contribution in [0.1, 0.15) is 30.0 Å². The molecule has 0 radical (unpaired) electrons. The minimum atomic E-state index is 0.609. The molecule has 0 atom stereocenters. The fraction of sp³-hybridized carbons (Fsp3) is 0.250. The van der Waals surface area contributed by atoms with Gasteiger partial charge in [-0.3, -0.25) is 0 Å². The molecule has 0 amide bonds. The van der Waals surface area contributed by atoms with E-state index in [9.17, 15) is 5.26 Å². The van der Waals surface area contributed by atoms with Crippen LogP contribution in [0.2, 0.25) is 0 Å². The summed E-state index contributed by atoms with van der Waals surface area (Å²) in [5, 5.41) is 9.45. The third-order valence-electron chi connectivity index (χ3n) is 3.65. The van der Waals surface area contributed by atoms with Gasteiger partial charge in [-0.05, 0) is 35.8 Å². The maximum absolute atomic E-state index is 9.45. The lowest BCUT2D eigenvalue weighted by molar-refractivity contribution is 0.385. The van der Waals surface area contributed by atoms with Crippen molar-refractivity contribution in [2.45, 2.75) is 19.8 Å². The fourth-order valence-electron chi connectivity index (χ4n) is 2.55. The maximum atomic E-state index is 9.45. The number of benzene rings is 2. The van der Waals surface area contributed by atoms with E-state index in [1.165, 1.54) is 0 Å². The molecule has 3 heteroatoms. The predicted molar refractivity (Wildman–Crippen MR) is 93.5 cm³/mol. The summed E-state index contributed by atoms with van der Waals surface area (Å²) in [6.07, 6.45) is 3.76. The highest BCUT2D eigenvalue weighted by molar-refractivity contribution is 5.90. The molecule has 0 saturated carbocycles. The first-order chi connectivity index (χ1) is 11.2. The van der Waals surface area contributed by atoms with E-state index in [2.05, 4.69) is 13.0 Å². The molecule has 3 nitrogen and oxygen atoms in total. The molecule has 0 aliphatic rings. The maximum Gasteiger partial charge on any atom is 0.126 e. The Hall–Kier alpha value is -2.73. The average Bonchev–Trinajstić information content (AvgIpc) is 2.61. The molecule has 0 N–H and O–H groups in total. The van der Waals surface area contributed by atoms with Crippen LogP contribution in [-0.2, 0) is 6.42 Å². The standard InChI is InChI=1S/C20H21NO2/c1-4-8-18-19(22-2)12-15(13-20(18)23-3)11-17(14-21)16-9-6-5-7-10-16/h5-7,9-13H,4,8H2,1-3H3. The van der Waals surface area contributed by atoms with Crippen LogP contribution in [0.5, 0.6) is 11.5 Å². The van der Waals surface area contributed by atoms with Gasteiger partial charge in [0.15, 0.2) is 0 Å². The second-order valence-corrected chi connectivity index (χ2v) is 5.19. The van der Waals surface area contributed by atoms with Gasteiger partial charge in [0.1, 0.15) is 11.5 Å². The van der Waals surface area contributed by atoms with Gasteiger partial charge in [0, 0.05) is 5.56 Å². The van der Waals surface area contributed by atoms with Crippen molar-refractivity contribution < 1.29 is 9.47 Å². The number of rotatable bonds is 6. The number of methoxy groups -OCH3 is 2. The van der Waals surface area contributed by atoms with Gasteiger partial charge < -0.3 is 9.47 Å². The van der Waals surface area contributed by atoms with Gasteiger partial charge in [-0.15, -0.1) is 0 Å². The number of nitriles is 1. The summed E-state index contributed by atoms with van der Waals surface area (Å²) in [7, 11) is 3.31. The normalized spacial score (nSPS) is 11.0. The van der Waals surface area contributed by atoms with Gasteiger partial charge in [-0.25, -0.2) is 0 Å². The molecule has 2 aromatic rings. The van der Waals surface area contributed by atoms with Crippen molar-refractivity contribution in [3.63, 3.8) is 0 Å². The van der Waals surface area contributed by atoms with E-state index < -0.39 is 0 Å². The highest BCUT2D eigenvalue weighted by atomic mass is 16.5. The third-order valence-corrected chi connectivity index (χ3v) is 3.65. The van der Waals surface area contributed by atoms with Crippen molar-refractivity contribution in [1.29, 1.82) is 5.26 Å². The van der Waals surface area contributed by atoms with Crippen LogP contribution < -0.4 is 9.47 Å². The molecule has 0 unspecified atom stereocenters. The van der Waals surface area contributed by atoms with Crippen LogP contribution in [0.3, 0.4) is 0 Å². The first-order valence-electron chi connectivity index (χ1n) is 7.65. The second kappa shape index (κ2) is 8.05. The Morgan fingerprint density at radius 2 is 1.70 bits per heavy atom. The zero-order valence-electron chi connectivity index (χ0n) is 13.8. The molecule has 0 bridgehead atoms. The molecule has 2 rings (SSSR count). The van der Waals surface area contributed by atoms with Crippen LogP contribution in [-0.4, -0.2) is 14.2 Å². The Balaban J connectivity index is 2.51. The number of allylic oxidation sites excluding steroid dienone is 1. The lowest BCUT2D eigenvalue weighted by Crippen LogP contribution is -1.98. The van der Waals surface area contributed by atoms with E-state index in [4.69, 9.17) is 9.47 Å². The number of ether oxygens (including phenoxy) is 2. The molecule has 0 aliphatic carbocycles. The monoisotopic (exact) mass is 307 g/mol. The Kier molecular flexibility index (Phi) is 5.82. The van der Waals surface area contributed by atoms with E-state index in [1.807, 2.05) is 48.5 Å². The molecule has 0 spiro atoms. The first-order valence-corrected chi connectivity index (χ1v) is 7.65. The molecular formula is C20H21NO2. The van der Waals surface area contributed by atoms with Crippen LogP contribution in [0.15, 0.2) is 42.5 Å². The van der Waals surface area contributed by atoms with Crippen LogP contribution in [0.25, 0.3) is 11.6 Å². The van der Waals surface area contributed by atoms with Crippen LogP contribution >= 0.6 is 0 Å². The van der Waals surface area contributed by atoms with Crippen LogP contribution in [0, 0.1) is 11.3 Å². The number of hydrogen-bond acceptors (Lipinski definition) is 3. The quantitative estimate of drug-likeness (QED) is 0.573. The Morgan fingerprint density at radius 1 is 1.09 bits per heavy atom. The summed E-state index contributed by atoms with van der Waals surface area (Å²) >= 11 is 0. The minimum Gasteiger partial charge on any atom is -0.496 e. The third kappa shape index (κ3) is 3.92. The van der Waals surface area contributed by atoms with E-state index in [1.54, 1.807) is 14.2 Å². The number of nitrogens with zero attached hydrogens (tertiary/aromatic N) is 1. The molecular weight excluding hydrogens is 286 g/mol. The van der Waals surface area contributed by atoms with Gasteiger partial charge in [-0.2, -0.15) is 5.26 Å². The average molecular weight is 307 g/mol. The van der Waals surface area contributed by atoms with Gasteiger partial charge in [0.05, 0.1) is 25.9 Å². The van der Waals surface area contributed by atoms with Crippen molar-refractivity contribution >= 4 is 11.6 Å². The molecule has 23 heavy (non-hydrogen) atoms. The summed E-state index contributed by atoms with van der Waals surface area (Å²) in [5.41, 5.74) is 3.45. The molecule has 0 fully saturated rings. The Labute approximate surface area is 137 Å². The SMILES string of the molecule is CCCc1c(OC)cc(C=C(C#N)c2ccccc2)cc1OC. The minimum absolute atomic E-state index is 0.609. The van der Waals surface area contributed by atoms with Gasteiger partial charge in [-0.1, -0.05) is 43.7 Å². The topological polar surface area (TPSA) is 42.2 Å². The largest absolute Gasteiger partial charge is 0.496 e. The Bertz CT molecular complexity index is 702. The molecule has 0 aliphatic heterocycles. The first kappa shape index (κ1) is 16.6. The highest BCUT2D eigenvalue weighted by Crippen LogP contribution is 2.33.